The summed E-state index contributed by atoms with van der Waals surface area (Å²) in [7, 11) is 5.39. The van der Waals surface area contributed by atoms with Gasteiger partial charge in [0.15, 0.2) is 5.96 Å². The number of thioether (sulfide) groups is 1. The minimum Gasteiger partial charge on any atom is -0.508 e. The molecular weight excluding hydrogens is 1830 g/mol. The number of amides is 17. The molecule has 0 spiro atoms. The van der Waals surface area contributed by atoms with Crippen molar-refractivity contribution in [3.63, 3.8) is 0 Å². The molecule has 15 atom stereocenters. The van der Waals surface area contributed by atoms with Crippen LogP contribution in [0.5, 0.6) is 11.5 Å². The topological polar surface area (TPSA) is 668 Å². The third-order valence-corrected chi connectivity index (χ3v) is 26.1. The number of unbranched alkanes of at least 4 members (excludes halogenated alkanes) is 2. The standard InChI is InChI=1S/C95H133N23O21S/c1-10-12-25-73-87(131)106-64(24-18-36-101-95(99)100)83(127)113-72(82(126)103-46-78(98)123)49-140-50-79(124)104-67(39-53-28-32-56(120)33-29-53)90(134)114(6)52(5)81(125)108-69(43-77(97)122)92(136)117-37-19-27-74(117)88(132)111-70(44-96)85(129)109-66(38-51(3)4)93(137)118-47-57(121)41-76(118)89(133)107-65(40-55-45-102-62-22-16-14-20-59(55)62)84(128)112-71(48-119)86(130)110-68(91(135)116(8)75(26-13-11-2)94(138)115(73)7)42-61-60-21-15-17-23-63(60)105-80(61)54-30-34-58(139-9)35-31-54/h14-17,20-23,28-35,45,51-52,57,64-76,102,105,119-121H,10-13,18-19,24-27,36-44,46-50,96H2,1-9H3,(H2,97,122)(H2,98,123)(H,103,126)(H,104,124)(H,106,131)(H,107,133)(H,108,125)(H,109,129)(H,110,130)(H,111,132)(H,112,128)(H,113,127)(H4,99,100,101)/t52-,57+,64?,65-,66-,67-,68-,69-,70-,71-,72-,73-,74-,75-,76-/m0/s1. The first-order valence-electron chi connectivity index (χ1n) is 46.9. The summed E-state index contributed by atoms with van der Waals surface area (Å²) in [6.45, 7) is 5.30. The molecule has 3 fully saturated rings. The Morgan fingerprint density at radius 3 is 1.79 bits per heavy atom. The zero-order chi connectivity index (χ0) is 102. The SMILES string of the molecule is CCCC[C@H]1C(=O)N(C)[C@@H](CCCC)C(=O)NC(CCCNC(=N)N)C(=O)N[C@H](C(=O)NCC(N)=O)CSCC(=O)N[C@@H](Cc2ccc(O)cc2)C(=O)N(C)[C@@H](C)C(=O)N[C@@H](CC(N)=O)C(=O)N2CCC[C@H]2C(=O)N[C@@H](CN)C(=O)N[C@@H](CC(C)C)C(=O)N2C[C@H](O)C[C@H]2C(=O)N[C@@H](Cc2c[nH]c3ccccc23)C(=O)N[C@@H](CO)C(=O)N[C@@H](Cc2c(-c3ccc(OC)cc3)[nH]c3ccccc23)C(=O)N1C. The number of phenols is 1. The number of aliphatic hydroxyl groups is 2. The van der Waals surface area contributed by atoms with E-state index in [4.69, 9.17) is 33.1 Å². The molecule has 1 unspecified atom stereocenters. The fourth-order valence-electron chi connectivity index (χ4n) is 17.3. The molecule has 6 aromatic rings. The number of para-hydroxylation sites is 2. The normalized spacial score (nSPS) is 24.3. The second kappa shape index (κ2) is 52.2. The number of benzene rings is 4. The third-order valence-electron chi connectivity index (χ3n) is 25.1. The summed E-state index contributed by atoms with van der Waals surface area (Å²) in [5.74, 6) is -17.9. The van der Waals surface area contributed by atoms with Crippen molar-refractivity contribution in [2.75, 3.05) is 79.1 Å². The molecule has 2 aromatic heterocycles. The van der Waals surface area contributed by atoms with Gasteiger partial charge in [0.25, 0.3) is 0 Å². The van der Waals surface area contributed by atoms with Crippen molar-refractivity contribution >= 4 is 140 Å². The highest BCUT2D eigenvalue weighted by atomic mass is 32.2. The Morgan fingerprint density at radius 1 is 0.571 bits per heavy atom. The molecule has 0 radical (unpaired) electrons. The van der Waals surface area contributed by atoms with E-state index in [1.807, 2.05) is 13.8 Å². The van der Waals surface area contributed by atoms with E-state index in [9.17, 15) is 58.5 Å². The van der Waals surface area contributed by atoms with Gasteiger partial charge in [-0.25, -0.2) is 0 Å². The summed E-state index contributed by atoms with van der Waals surface area (Å²) < 4.78 is 5.50. The number of rotatable bonds is 27. The van der Waals surface area contributed by atoms with Crippen LogP contribution in [-0.4, -0.2) is 326 Å². The number of phenolic OH excluding ortho intramolecular Hbond substituents is 1. The molecule has 45 heteroatoms. The Bertz CT molecular complexity index is 5430. The number of hydrogen-bond donors (Lipinski definition) is 21. The van der Waals surface area contributed by atoms with E-state index >= 15 is 38.4 Å². The lowest BCUT2D eigenvalue weighted by atomic mass is 9.96. The first kappa shape index (κ1) is 110. The van der Waals surface area contributed by atoms with Crippen LogP contribution in [0.25, 0.3) is 33.1 Å². The Labute approximate surface area is 814 Å². The minimum absolute atomic E-state index is 0.0215. The van der Waals surface area contributed by atoms with Crippen LogP contribution in [0.15, 0.2) is 103 Å². The number of aromatic hydroxyl groups is 1. The van der Waals surface area contributed by atoms with Crippen LogP contribution in [0.2, 0.25) is 0 Å². The van der Waals surface area contributed by atoms with Gasteiger partial charge in [0.1, 0.15) is 96.1 Å². The number of hydrogen-bond acceptors (Lipinski definition) is 24. The lowest BCUT2D eigenvalue weighted by molar-refractivity contribution is -0.149. The number of nitrogens with one attached hydrogen (secondary N) is 14. The van der Waals surface area contributed by atoms with E-state index < -0.39 is 248 Å². The lowest BCUT2D eigenvalue weighted by Crippen LogP contribution is -2.62. The Balaban J connectivity index is 1.12. The zero-order valence-electron chi connectivity index (χ0n) is 80.2. The number of fused-ring (bicyclic) bond motifs is 4. The lowest BCUT2D eigenvalue weighted by Gasteiger charge is -2.36. The quantitative estimate of drug-likeness (QED) is 0.0147. The molecule has 25 N–H and O–H groups in total. The summed E-state index contributed by atoms with van der Waals surface area (Å²) in [5, 5.41) is 71.1. The molecule has 140 heavy (non-hydrogen) atoms. The first-order valence-corrected chi connectivity index (χ1v) is 48.0. The van der Waals surface area contributed by atoms with E-state index in [0.717, 1.165) is 36.3 Å². The van der Waals surface area contributed by atoms with Crippen LogP contribution >= 0.6 is 11.8 Å². The average molecular weight is 1970 g/mol. The predicted molar refractivity (Wildman–Crippen MR) is 519 cm³/mol. The molecule has 9 rings (SSSR count). The summed E-state index contributed by atoms with van der Waals surface area (Å²) in [4.78, 5) is 263. The largest absolute Gasteiger partial charge is 0.508 e. The van der Waals surface area contributed by atoms with Crippen LogP contribution in [0, 0.1) is 11.3 Å². The van der Waals surface area contributed by atoms with Crippen LogP contribution in [0.3, 0.4) is 0 Å². The Hall–Kier alpha value is -14.0. The van der Waals surface area contributed by atoms with Gasteiger partial charge in [-0.1, -0.05) is 102 Å². The monoisotopic (exact) mass is 1960 g/mol. The van der Waals surface area contributed by atoms with E-state index in [-0.39, 0.29) is 89.0 Å². The van der Waals surface area contributed by atoms with Crippen molar-refractivity contribution in [2.24, 2.45) is 28.9 Å². The highest BCUT2D eigenvalue weighted by molar-refractivity contribution is 8.00. The van der Waals surface area contributed by atoms with E-state index in [1.54, 1.807) is 92.8 Å². The average Bonchev–Trinajstić information content (AvgIpc) is 1.62. The van der Waals surface area contributed by atoms with Crippen LogP contribution < -0.4 is 86.2 Å². The number of carbonyl (C=O) groups excluding carboxylic acids is 17. The van der Waals surface area contributed by atoms with Gasteiger partial charge in [0.2, 0.25) is 100 Å². The smallest absolute Gasteiger partial charge is 0.246 e. The molecular formula is C95H133N23O21S. The highest BCUT2D eigenvalue weighted by Gasteiger charge is 2.47. The predicted octanol–water partition coefficient (Wildman–Crippen LogP) is -2.26. The molecule has 17 amide bonds. The molecule has 0 bridgehead atoms. The molecule has 3 saturated heterocycles. The van der Waals surface area contributed by atoms with Crippen LogP contribution in [-0.2, 0) is 101 Å². The molecule has 3 aliphatic heterocycles. The number of nitrogens with two attached hydrogens (primary N) is 4. The van der Waals surface area contributed by atoms with Crippen molar-refractivity contribution in [1.29, 1.82) is 5.41 Å². The fourth-order valence-corrected chi connectivity index (χ4v) is 18.2. The fraction of sp³-hybridized carbons (Fsp3) is 0.516. The number of aromatic nitrogens is 2. The second-order valence-corrected chi connectivity index (χ2v) is 36.9. The maximum Gasteiger partial charge on any atom is 0.246 e. The van der Waals surface area contributed by atoms with E-state index in [0.29, 0.717) is 81.2 Å². The molecule has 3 aliphatic rings. The van der Waals surface area contributed by atoms with Crippen molar-refractivity contribution in [1.82, 2.24) is 93.0 Å². The highest BCUT2D eigenvalue weighted by Crippen LogP contribution is 2.34. The van der Waals surface area contributed by atoms with Gasteiger partial charge in [-0.05, 0) is 129 Å². The van der Waals surface area contributed by atoms with E-state index in [1.165, 1.54) is 59.4 Å². The maximum atomic E-state index is 16.2. The van der Waals surface area contributed by atoms with Gasteiger partial charge >= 0.3 is 0 Å². The molecule has 44 nitrogen and oxygen atoms in total. The summed E-state index contributed by atoms with van der Waals surface area (Å²) in [6, 6.07) is 4.37. The van der Waals surface area contributed by atoms with Crippen molar-refractivity contribution in [2.45, 2.75) is 228 Å². The number of nitrogens with zero attached hydrogens (tertiary/aromatic N) is 5. The van der Waals surface area contributed by atoms with Gasteiger partial charge in [0, 0.05) is 112 Å². The number of likely N-dealkylation sites (N-methyl/N-ethyl adjacent to an activating group) is 3. The summed E-state index contributed by atoms with van der Waals surface area (Å²) in [6.07, 6.45) is -0.675. The van der Waals surface area contributed by atoms with Gasteiger partial charge in [-0.15, -0.1) is 11.8 Å². The number of aliphatic hydroxyl groups excluding tert-OH is 2. The Morgan fingerprint density at radius 2 is 1.14 bits per heavy atom. The number of primary amides is 2. The number of H-pyrrole nitrogens is 2. The number of methoxy groups -OCH3 is 1. The zero-order valence-corrected chi connectivity index (χ0v) is 81.0. The minimum atomic E-state index is -1.94. The van der Waals surface area contributed by atoms with Gasteiger partial charge < -0.3 is 136 Å². The van der Waals surface area contributed by atoms with Crippen LogP contribution in [0.4, 0.5) is 0 Å². The van der Waals surface area contributed by atoms with Gasteiger partial charge in [0.05, 0.1) is 38.5 Å². The second-order valence-electron chi connectivity index (χ2n) is 35.8. The maximum absolute atomic E-state index is 16.2. The molecule has 0 saturated carbocycles. The van der Waals surface area contributed by atoms with Gasteiger partial charge in [-0.2, -0.15) is 0 Å². The number of guanidine groups is 1. The van der Waals surface area contributed by atoms with Crippen molar-refractivity contribution < 1.29 is 102 Å². The Kier molecular flexibility index (Phi) is 40.9. The molecule has 5 heterocycles. The van der Waals surface area contributed by atoms with Gasteiger partial charge in [-0.3, -0.25) is 86.9 Å². The summed E-state index contributed by atoms with van der Waals surface area (Å²) in [5.41, 5.74) is 26.7. The summed E-state index contributed by atoms with van der Waals surface area (Å²) >= 11 is 0.755. The van der Waals surface area contributed by atoms with Crippen molar-refractivity contribution in [3.8, 4) is 22.8 Å². The van der Waals surface area contributed by atoms with E-state index in [2.05, 4.69) is 68.5 Å². The first-order chi connectivity index (χ1) is 66.7. The third kappa shape index (κ3) is 29.8. The molecule has 760 valence electrons. The number of aromatic amines is 2. The number of carbonyl (C=O) groups is 17. The molecule has 4 aromatic carbocycles. The number of ether oxygens (including phenoxy) is 1. The van der Waals surface area contributed by atoms with Crippen molar-refractivity contribution in [3.05, 3.63) is 120 Å². The van der Waals surface area contributed by atoms with Crippen LogP contribution in [0.1, 0.15) is 135 Å². The molecule has 0 aliphatic carbocycles.